The highest BCUT2D eigenvalue weighted by Crippen LogP contribution is 2.46. The highest BCUT2D eigenvalue weighted by molar-refractivity contribution is 6.44. The van der Waals surface area contributed by atoms with Crippen LogP contribution in [-0.4, -0.2) is 24.9 Å². The first kappa shape index (κ1) is 13.5. The van der Waals surface area contributed by atoms with Crippen LogP contribution in [0, 0.1) is 0 Å². The second-order valence-electron chi connectivity index (χ2n) is 4.67. The number of rotatable bonds is 3. The van der Waals surface area contributed by atoms with Crippen LogP contribution in [0.3, 0.4) is 0 Å². The van der Waals surface area contributed by atoms with Crippen molar-refractivity contribution in [2.75, 3.05) is 19.1 Å². The maximum Gasteiger partial charge on any atom is 0.237 e. The summed E-state index contributed by atoms with van der Waals surface area (Å²) in [6.45, 7) is 1.87. The van der Waals surface area contributed by atoms with E-state index in [2.05, 4.69) is 0 Å². The first-order valence-corrected chi connectivity index (χ1v) is 6.52. The number of likely N-dealkylation sites (N-methyl/N-ethyl adjacent to an activating group) is 1. The molecule has 1 aliphatic heterocycles. The van der Waals surface area contributed by atoms with Crippen LogP contribution in [0.1, 0.15) is 18.9 Å². The van der Waals surface area contributed by atoms with Gasteiger partial charge in [0.1, 0.15) is 10.6 Å². The summed E-state index contributed by atoms with van der Waals surface area (Å²) in [5.74, 6) is 0.737. The fourth-order valence-electron chi connectivity index (χ4n) is 2.48. The highest BCUT2D eigenvalue weighted by atomic mass is 35.5. The number of nitrogens with zero attached hydrogens (tertiary/aromatic N) is 1. The van der Waals surface area contributed by atoms with Crippen LogP contribution in [0.2, 0.25) is 0 Å². The summed E-state index contributed by atoms with van der Waals surface area (Å²) in [4.78, 5) is 13.5. The summed E-state index contributed by atoms with van der Waals surface area (Å²) in [5, 5.41) is 0. The van der Waals surface area contributed by atoms with Crippen molar-refractivity contribution in [1.82, 2.24) is 0 Å². The number of amides is 1. The lowest BCUT2D eigenvalue weighted by Crippen LogP contribution is -2.37. The Kier molecular flexibility index (Phi) is 3.47. The van der Waals surface area contributed by atoms with Gasteiger partial charge in [-0.25, -0.2) is 0 Å². The predicted molar refractivity (Wildman–Crippen MR) is 73.9 cm³/mol. The Morgan fingerprint density at radius 2 is 2.11 bits per heavy atom. The molecule has 18 heavy (non-hydrogen) atoms. The number of ether oxygens (including phenoxy) is 1. The number of carbonyl (C=O) groups excluding carboxylic acids is 1. The quantitative estimate of drug-likeness (QED) is 0.800. The molecule has 0 saturated carbocycles. The van der Waals surface area contributed by atoms with Crippen molar-refractivity contribution in [3.63, 3.8) is 0 Å². The number of carbonyl (C=O) groups is 1. The molecule has 1 aromatic carbocycles. The van der Waals surface area contributed by atoms with E-state index in [0.29, 0.717) is 6.42 Å². The molecule has 0 aromatic heterocycles. The molecule has 0 N–H and O–H groups in total. The molecule has 1 aromatic rings. The monoisotopic (exact) mass is 287 g/mol. The molecule has 0 fully saturated rings. The third-order valence-electron chi connectivity index (χ3n) is 3.50. The van der Waals surface area contributed by atoms with Crippen LogP contribution in [-0.2, 0) is 10.2 Å². The molecule has 0 bridgehead atoms. The lowest BCUT2D eigenvalue weighted by molar-refractivity contribution is -0.122. The zero-order valence-corrected chi connectivity index (χ0v) is 12.0. The van der Waals surface area contributed by atoms with Crippen LogP contribution in [0.15, 0.2) is 18.2 Å². The summed E-state index contributed by atoms with van der Waals surface area (Å²) in [5.41, 5.74) is 1.12. The number of benzene rings is 1. The van der Waals surface area contributed by atoms with Gasteiger partial charge in [0.25, 0.3) is 0 Å². The molecular weight excluding hydrogens is 273 g/mol. The van der Waals surface area contributed by atoms with Crippen LogP contribution in [0.4, 0.5) is 5.69 Å². The van der Waals surface area contributed by atoms with Crippen molar-refractivity contribution in [2.45, 2.75) is 23.6 Å². The minimum atomic E-state index is -0.688. The summed E-state index contributed by atoms with van der Waals surface area (Å²) in [6, 6.07) is 5.61. The Bertz CT molecular complexity index is 490. The number of anilines is 1. The van der Waals surface area contributed by atoms with Crippen molar-refractivity contribution in [2.24, 2.45) is 0 Å². The van der Waals surface area contributed by atoms with Gasteiger partial charge in [0.05, 0.1) is 12.5 Å². The zero-order valence-electron chi connectivity index (χ0n) is 10.5. The number of halogens is 2. The lowest BCUT2D eigenvalue weighted by Gasteiger charge is -2.23. The number of hydrogen-bond acceptors (Lipinski definition) is 2. The van der Waals surface area contributed by atoms with Gasteiger partial charge in [0, 0.05) is 12.7 Å². The van der Waals surface area contributed by atoms with Gasteiger partial charge in [-0.05, 0) is 37.1 Å². The van der Waals surface area contributed by atoms with E-state index in [0.717, 1.165) is 17.0 Å². The second kappa shape index (κ2) is 4.63. The zero-order chi connectivity index (χ0) is 13.5. The molecule has 0 spiro atoms. The van der Waals surface area contributed by atoms with Gasteiger partial charge >= 0.3 is 0 Å². The number of fused-ring (bicyclic) bond motifs is 1. The van der Waals surface area contributed by atoms with E-state index in [1.807, 2.05) is 25.1 Å². The second-order valence-corrected chi connectivity index (χ2v) is 5.95. The summed E-state index contributed by atoms with van der Waals surface area (Å²) >= 11 is 11.7. The van der Waals surface area contributed by atoms with Crippen molar-refractivity contribution < 1.29 is 9.53 Å². The van der Waals surface area contributed by atoms with Gasteiger partial charge in [-0.15, -0.1) is 23.2 Å². The molecule has 1 atom stereocenters. The van der Waals surface area contributed by atoms with Crippen LogP contribution in [0.5, 0.6) is 5.75 Å². The molecule has 1 aliphatic rings. The fourth-order valence-corrected chi connectivity index (χ4v) is 3.09. The Labute approximate surface area is 117 Å². The molecule has 3 nitrogen and oxygen atoms in total. The normalized spacial score (nSPS) is 22.6. The molecular formula is C13H15Cl2NO2. The Balaban J connectivity index is 2.55. The van der Waals surface area contributed by atoms with Crippen molar-refractivity contribution >= 4 is 34.8 Å². The molecule has 98 valence electrons. The predicted octanol–water partition coefficient (Wildman–Crippen LogP) is 3.12. The van der Waals surface area contributed by atoms with Crippen molar-refractivity contribution in [1.29, 1.82) is 0 Å². The SMILES string of the molecule is COc1ccc2c(c1)C(C)(CC(Cl)Cl)C(=O)N2C. The Morgan fingerprint density at radius 1 is 1.44 bits per heavy atom. The van der Waals surface area contributed by atoms with E-state index in [-0.39, 0.29) is 5.91 Å². The van der Waals surface area contributed by atoms with E-state index in [1.54, 1.807) is 19.1 Å². The average molecular weight is 288 g/mol. The smallest absolute Gasteiger partial charge is 0.237 e. The fraction of sp³-hybridized carbons (Fsp3) is 0.462. The molecule has 1 unspecified atom stereocenters. The van der Waals surface area contributed by atoms with Gasteiger partial charge in [0.2, 0.25) is 5.91 Å². The van der Waals surface area contributed by atoms with Gasteiger partial charge in [-0.3, -0.25) is 4.79 Å². The van der Waals surface area contributed by atoms with Crippen LogP contribution >= 0.6 is 23.2 Å². The Morgan fingerprint density at radius 3 is 2.67 bits per heavy atom. The minimum absolute atomic E-state index is 0.0112. The van der Waals surface area contributed by atoms with Crippen LogP contribution < -0.4 is 9.64 Å². The topological polar surface area (TPSA) is 29.5 Å². The van der Waals surface area contributed by atoms with Gasteiger partial charge < -0.3 is 9.64 Å². The van der Waals surface area contributed by atoms with Gasteiger partial charge in [-0.2, -0.15) is 0 Å². The average Bonchev–Trinajstić information content (AvgIpc) is 2.51. The summed E-state index contributed by atoms with van der Waals surface area (Å²) in [7, 11) is 3.36. The van der Waals surface area contributed by atoms with Gasteiger partial charge in [0.15, 0.2) is 0 Å². The first-order chi connectivity index (χ1) is 8.40. The third-order valence-corrected chi connectivity index (χ3v) is 3.81. The molecule has 0 aliphatic carbocycles. The first-order valence-electron chi connectivity index (χ1n) is 5.65. The van der Waals surface area contributed by atoms with Crippen molar-refractivity contribution in [3.05, 3.63) is 23.8 Å². The largest absolute Gasteiger partial charge is 0.497 e. The number of hydrogen-bond donors (Lipinski definition) is 0. The van der Waals surface area contributed by atoms with E-state index in [4.69, 9.17) is 27.9 Å². The molecule has 1 amide bonds. The standard InChI is InChI=1S/C13H15Cl2NO2/c1-13(7-11(14)15)9-6-8(18-3)4-5-10(9)16(2)12(13)17/h4-6,11H,7H2,1-3H3. The van der Waals surface area contributed by atoms with Crippen molar-refractivity contribution in [3.8, 4) is 5.75 Å². The molecule has 1 heterocycles. The molecule has 0 radical (unpaired) electrons. The number of alkyl halides is 2. The van der Waals surface area contributed by atoms with Crippen LogP contribution in [0.25, 0.3) is 0 Å². The molecule has 2 rings (SSSR count). The van der Waals surface area contributed by atoms with E-state index in [1.165, 1.54) is 0 Å². The molecule has 0 saturated heterocycles. The molecule has 5 heteroatoms. The summed E-state index contributed by atoms with van der Waals surface area (Å²) < 4.78 is 5.21. The van der Waals surface area contributed by atoms with E-state index in [9.17, 15) is 4.79 Å². The third kappa shape index (κ3) is 1.95. The maximum absolute atomic E-state index is 12.4. The maximum atomic E-state index is 12.4. The Hall–Kier alpha value is -0.930. The lowest BCUT2D eigenvalue weighted by atomic mass is 9.81. The van der Waals surface area contributed by atoms with E-state index < -0.39 is 10.3 Å². The number of methoxy groups -OCH3 is 1. The van der Waals surface area contributed by atoms with Gasteiger partial charge in [-0.1, -0.05) is 0 Å². The highest BCUT2D eigenvalue weighted by Gasteiger charge is 2.46. The minimum Gasteiger partial charge on any atom is -0.497 e. The van der Waals surface area contributed by atoms with E-state index >= 15 is 0 Å². The summed E-state index contributed by atoms with van der Waals surface area (Å²) in [6.07, 6.45) is 0.388.